The van der Waals surface area contributed by atoms with Gasteiger partial charge in [-0.15, -0.1) is 6.58 Å². The van der Waals surface area contributed by atoms with Gasteiger partial charge >= 0.3 is 0 Å². The van der Waals surface area contributed by atoms with Crippen LogP contribution in [0.2, 0.25) is 0 Å². The topological polar surface area (TPSA) is 17.1 Å². The zero-order valence-electron chi connectivity index (χ0n) is 12.2. The van der Waals surface area contributed by atoms with E-state index in [0.29, 0.717) is 5.78 Å². The fourth-order valence-corrected chi connectivity index (χ4v) is 0.287. The van der Waals surface area contributed by atoms with Crippen LogP contribution in [0.3, 0.4) is 0 Å². The Kier molecular flexibility index (Phi) is 46.5. The van der Waals surface area contributed by atoms with Crippen LogP contribution in [0.15, 0.2) is 12.7 Å². The first-order chi connectivity index (χ1) is 7.09. The van der Waals surface area contributed by atoms with Crippen molar-refractivity contribution in [3.63, 3.8) is 0 Å². The SMILES string of the molecule is C=CCC.CC.CC.CCC(C)C(C)=O. The number of ketones is 1. The van der Waals surface area contributed by atoms with Crippen molar-refractivity contribution in [1.82, 2.24) is 0 Å². The van der Waals surface area contributed by atoms with Gasteiger partial charge in [-0.2, -0.15) is 0 Å². The Morgan fingerprint density at radius 2 is 1.47 bits per heavy atom. The van der Waals surface area contributed by atoms with Gasteiger partial charge in [0, 0.05) is 5.92 Å². The van der Waals surface area contributed by atoms with Gasteiger partial charge < -0.3 is 0 Å². The number of hydrogen-bond donors (Lipinski definition) is 0. The summed E-state index contributed by atoms with van der Waals surface area (Å²) in [5.74, 6) is 0.558. The molecule has 94 valence electrons. The minimum Gasteiger partial charge on any atom is -0.300 e. The van der Waals surface area contributed by atoms with Crippen LogP contribution >= 0.6 is 0 Å². The summed E-state index contributed by atoms with van der Waals surface area (Å²) in [4.78, 5) is 10.4. The van der Waals surface area contributed by atoms with E-state index >= 15 is 0 Å². The molecular weight excluding hydrogens is 184 g/mol. The Balaban J connectivity index is -0.0000000647. The molecule has 1 heteroatoms. The average molecular weight is 216 g/mol. The van der Waals surface area contributed by atoms with Gasteiger partial charge in [-0.3, -0.25) is 4.79 Å². The molecule has 0 spiro atoms. The van der Waals surface area contributed by atoms with Crippen LogP contribution in [0.25, 0.3) is 0 Å². The third-order valence-electron chi connectivity index (χ3n) is 1.60. The minimum atomic E-state index is 0.264. The third kappa shape index (κ3) is 42.5. The molecule has 0 amide bonds. The van der Waals surface area contributed by atoms with E-state index in [0.717, 1.165) is 12.8 Å². The maximum atomic E-state index is 10.4. The molecule has 1 atom stereocenters. The second kappa shape index (κ2) is 29.2. The lowest BCUT2D eigenvalue weighted by Crippen LogP contribution is -2.03. The summed E-state index contributed by atoms with van der Waals surface area (Å²) in [7, 11) is 0. The number of hydrogen-bond acceptors (Lipinski definition) is 1. The van der Waals surface area contributed by atoms with Crippen LogP contribution in [-0.2, 0) is 4.79 Å². The Bertz CT molecular complexity index is 106. The highest BCUT2D eigenvalue weighted by Crippen LogP contribution is 1.99. The van der Waals surface area contributed by atoms with Crippen LogP contribution in [-0.4, -0.2) is 5.78 Å². The summed E-state index contributed by atoms with van der Waals surface area (Å²) >= 11 is 0. The van der Waals surface area contributed by atoms with Crippen LogP contribution in [0.4, 0.5) is 0 Å². The van der Waals surface area contributed by atoms with E-state index in [1.165, 1.54) is 0 Å². The molecule has 0 bridgehead atoms. The van der Waals surface area contributed by atoms with Gasteiger partial charge in [0.1, 0.15) is 5.78 Å². The van der Waals surface area contributed by atoms with Gasteiger partial charge in [0.25, 0.3) is 0 Å². The van der Waals surface area contributed by atoms with Crippen molar-refractivity contribution in [1.29, 1.82) is 0 Å². The van der Waals surface area contributed by atoms with Crippen molar-refractivity contribution in [3.8, 4) is 0 Å². The van der Waals surface area contributed by atoms with E-state index in [1.807, 2.05) is 47.6 Å². The monoisotopic (exact) mass is 216 g/mol. The lowest BCUT2D eigenvalue weighted by molar-refractivity contribution is -0.120. The lowest BCUT2D eigenvalue weighted by atomic mass is 10.1. The Morgan fingerprint density at radius 1 is 1.20 bits per heavy atom. The second-order valence-corrected chi connectivity index (χ2v) is 2.62. The van der Waals surface area contributed by atoms with Gasteiger partial charge in [0.05, 0.1) is 0 Å². The smallest absolute Gasteiger partial charge is 0.132 e. The molecule has 0 saturated carbocycles. The highest BCUT2D eigenvalue weighted by Gasteiger charge is 2.01. The standard InChI is InChI=1S/C6H12O.C4H8.2C2H6/c1-4-5(2)6(3)7;1-3-4-2;2*1-2/h5H,4H2,1-3H3;3H,1,4H2,2H3;2*1-2H3. The summed E-state index contributed by atoms with van der Waals surface area (Å²) in [6.07, 6.45) is 3.93. The van der Waals surface area contributed by atoms with Crippen molar-refractivity contribution >= 4 is 5.78 Å². The Labute approximate surface area is 98.0 Å². The van der Waals surface area contributed by atoms with Crippen molar-refractivity contribution in [2.24, 2.45) is 5.92 Å². The Hall–Kier alpha value is -0.590. The molecule has 0 saturated heterocycles. The average Bonchev–Trinajstić information content (AvgIpc) is 2.33. The number of rotatable bonds is 3. The fourth-order valence-electron chi connectivity index (χ4n) is 0.287. The molecule has 0 aliphatic rings. The molecule has 0 aromatic carbocycles. The number of Topliss-reactive ketones (excluding diaryl/α,β-unsaturated/α-hetero) is 1. The molecule has 0 fully saturated rings. The second-order valence-electron chi connectivity index (χ2n) is 2.62. The van der Waals surface area contributed by atoms with Crippen molar-refractivity contribution in [3.05, 3.63) is 12.7 Å². The van der Waals surface area contributed by atoms with Gasteiger partial charge in [-0.1, -0.05) is 54.5 Å². The first kappa shape index (κ1) is 23.9. The van der Waals surface area contributed by atoms with Gasteiger partial charge in [-0.05, 0) is 19.8 Å². The maximum Gasteiger partial charge on any atom is 0.132 e. The van der Waals surface area contributed by atoms with E-state index in [-0.39, 0.29) is 5.92 Å². The van der Waals surface area contributed by atoms with Gasteiger partial charge in [0.15, 0.2) is 0 Å². The van der Waals surface area contributed by atoms with Crippen LogP contribution in [0, 0.1) is 5.92 Å². The molecule has 1 nitrogen and oxygen atoms in total. The van der Waals surface area contributed by atoms with E-state index < -0.39 is 0 Å². The summed E-state index contributed by atoms with van der Waals surface area (Å²) in [5, 5.41) is 0. The predicted octanol–water partition coefficient (Wildman–Crippen LogP) is 5.26. The Morgan fingerprint density at radius 3 is 1.47 bits per heavy atom. The first-order valence-corrected chi connectivity index (χ1v) is 6.21. The number of carbonyl (C=O) groups is 1. The van der Waals surface area contributed by atoms with Crippen LogP contribution < -0.4 is 0 Å². The molecule has 0 rings (SSSR count). The van der Waals surface area contributed by atoms with E-state index in [4.69, 9.17) is 0 Å². The third-order valence-corrected chi connectivity index (χ3v) is 1.60. The zero-order valence-corrected chi connectivity index (χ0v) is 12.2. The zero-order chi connectivity index (χ0) is 13.3. The van der Waals surface area contributed by atoms with E-state index in [9.17, 15) is 4.79 Å². The molecule has 0 aliphatic carbocycles. The lowest BCUT2D eigenvalue weighted by Gasteiger charge is -1.98. The summed E-state index contributed by atoms with van der Waals surface area (Å²) < 4.78 is 0. The molecule has 15 heavy (non-hydrogen) atoms. The van der Waals surface area contributed by atoms with Gasteiger partial charge in [-0.25, -0.2) is 0 Å². The molecule has 0 aromatic rings. The molecular formula is C14H32O. The molecule has 0 aromatic heterocycles. The van der Waals surface area contributed by atoms with Crippen LogP contribution in [0.1, 0.15) is 68.2 Å². The molecule has 1 unspecified atom stereocenters. The van der Waals surface area contributed by atoms with Crippen molar-refractivity contribution < 1.29 is 4.79 Å². The van der Waals surface area contributed by atoms with E-state index in [1.54, 1.807) is 6.92 Å². The predicted molar refractivity (Wildman–Crippen MR) is 73.3 cm³/mol. The fraction of sp³-hybridized carbons (Fsp3) is 0.786. The molecule has 0 N–H and O–H groups in total. The molecule has 0 radical (unpaired) electrons. The number of allylic oxidation sites excluding steroid dienone is 1. The maximum absolute atomic E-state index is 10.4. The summed E-state index contributed by atoms with van der Waals surface area (Å²) in [6, 6.07) is 0. The normalized spacial score (nSPS) is 8.80. The minimum absolute atomic E-state index is 0.264. The quantitative estimate of drug-likeness (QED) is 0.588. The highest BCUT2D eigenvalue weighted by atomic mass is 16.1. The first-order valence-electron chi connectivity index (χ1n) is 6.21. The largest absolute Gasteiger partial charge is 0.300 e. The van der Waals surface area contributed by atoms with E-state index in [2.05, 4.69) is 13.5 Å². The summed E-state index contributed by atoms with van der Waals surface area (Å²) in [6.45, 7) is 19.1. The van der Waals surface area contributed by atoms with Crippen molar-refractivity contribution in [2.45, 2.75) is 68.2 Å². The van der Waals surface area contributed by atoms with Crippen molar-refractivity contribution in [2.75, 3.05) is 0 Å². The molecule has 0 heterocycles. The van der Waals surface area contributed by atoms with Crippen LogP contribution in [0.5, 0.6) is 0 Å². The molecule has 0 aliphatic heterocycles. The van der Waals surface area contributed by atoms with Gasteiger partial charge in [0.2, 0.25) is 0 Å². The number of carbonyl (C=O) groups excluding carboxylic acids is 1. The highest BCUT2D eigenvalue weighted by molar-refractivity contribution is 5.77. The summed E-state index contributed by atoms with van der Waals surface area (Å²) in [5.41, 5.74) is 0.